The van der Waals surface area contributed by atoms with E-state index < -0.39 is 0 Å². The van der Waals surface area contributed by atoms with Crippen molar-refractivity contribution in [2.75, 3.05) is 39.3 Å². The fourth-order valence-electron chi connectivity index (χ4n) is 2.55. The van der Waals surface area contributed by atoms with Crippen LogP contribution in [0.5, 0.6) is 0 Å². The summed E-state index contributed by atoms with van der Waals surface area (Å²) in [6, 6.07) is 0. The third-order valence-electron chi connectivity index (χ3n) is 3.84. The van der Waals surface area contributed by atoms with Gasteiger partial charge in [0.2, 0.25) is 0 Å². The molecule has 0 aromatic rings. The van der Waals surface area contributed by atoms with Crippen LogP contribution in [0.3, 0.4) is 0 Å². The minimum atomic E-state index is 0. The van der Waals surface area contributed by atoms with Crippen molar-refractivity contribution in [3.63, 3.8) is 0 Å². The minimum Gasteiger partial charge on any atom is -0.357 e. The van der Waals surface area contributed by atoms with E-state index in [4.69, 9.17) is 0 Å². The third-order valence-corrected chi connectivity index (χ3v) is 3.84. The van der Waals surface area contributed by atoms with Gasteiger partial charge in [-0.3, -0.25) is 4.99 Å². The molecule has 0 bridgehead atoms. The lowest BCUT2D eigenvalue weighted by molar-refractivity contribution is 0.187. The molecule has 0 aromatic heterocycles. The summed E-state index contributed by atoms with van der Waals surface area (Å²) in [4.78, 5) is 7.08. The average molecular weight is 396 g/mol. The maximum atomic E-state index is 4.53. The van der Waals surface area contributed by atoms with E-state index in [1.54, 1.807) is 0 Å². The van der Waals surface area contributed by atoms with Crippen molar-refractivity contribution in [3.8, 4) is 0 Å². The SMILES string of the molecule is CCCN=C(NCC)NCCC1CCN(CC)CC1.I. The van der Waals surface area contributed by atoms with Crippen molar-refractivity contribution in [1.29, 1.82) is 0 Å². The topological polar surface area (TPSA) is 39.7 Å². The molecule has 2 N–H and O–H groups in total. The summed E-state index contributed by atoms with van der Waals surface area (Å²) in [6.07, 6.45) is 5.09. The van der Waals surface area contributed by atoms with Crippen LogP contribution in [0.1, 0.15) is 46.5 Å². The molecule has 120 valence electrons. The lowest BCUT2D eigenvalue weighted by Crippen LogP contribution is -2.39. The van der Waals surface area contributed by atoms with Gasteiger partial charge in [0.1, 0.15) is 0 Å². The number of rotatable bonds is 7. The Morgan fingerprint density at radius 3 is 2.40 bits per heavy atom. The normalized spacial score (nSPS) is 17.6. The van der Waals surface area contributed by atoms with E-state index >= 15 is 0 Å². The standard InChI is InChI=1S/C15H32N4.HI/c1-4-10-17-15(16-5-2)18-11-7-14-8-12-19(6-3)13-9-14;/h14H,4-13H2,1-3H3,(H2,16,17,18);1H. The summed E-state index contributed by atoms with van der Waals surface area (Å²) in [5.74, 6) is 1.87. The Bertz CT molecular complexity index is 250. The van der Waals surface area contributed by atoms with Crippen LogP contribution in [-0.2, 0) is 0 Å². The second-order valence-electron chi connectivity index (χ2n) is 5.35. The molecule has 1 rings (SSSR count). The predicted octanol–water partition coefficient (Wildman–Crippen LogP) is 2.69. The first-order valence-corrected chi connectivity index (χ1v) is 8.04. The number of aliphatic imine (C=N–C) groups is 1. The summed E-state index contributed by atoms with van der Waals surface area (Å²) in [7, 11) is 0. The number of hydrogen-bond donors (Lipinski definition) is 2. The number of nitrogens with zero attached hydrogens (tertiary/aromatic N) is 2. The Balaban J connectivity index is 0.00000361. The number of nitrogens with one attached hydrogen (secondary N) is 2. The van der Waals surface area contributed by atoms with Gasteiger partial charge in [0.05, 0.1) is 0 Å². The van der Waals surface area contributed by atoms with E-state index in [0.717, 1.165) is 37.9 Å². The summed E-state index contributed by atoms with van der Waals surface area (Å²) < 4.78 is 0. The second-order valence-corrected chi connectivity index (χ2v) is 5.35. The zero-order valence-electron chi connectivity index (χ0n) is 13.5. The first-order chi connectivity index (χ1) is 9.30. The van der Waals surface area contributed by atoms with Gasteiger partial charge in [0, 0.05) is 19.6 Å². The van der Waals surface area contributed by atoms with Gasteiger partial charge in [-0.05, 0) is 58.2 Å². The number of piperidine rings is 1. The molecule has 0 amide bonds. The van der Waals surface area contributed by atoms with Gasteiger partial charge >= 0.3 is 0 Å². The lowest BCUT2D eigenvalue weighted by Gasteiger charge is -2.31. The summed E-state index contributed by atoms with van der Waals surface area (Å²) in [5, 5.41) is 6.76. The number of hydrogen-bond acceptors (Lipinski definition) is 2. The fourth-order valence-corrected chi connectivity index (χ4v) is 2.55. The van der Waals surface area contributed by atoms with E-state index in [0.29, 0.717) is 0 Å². The highest BCUT2D eigenvalue weighted by Crippen LogP contribution is 2.19. The molecule has 0 saturated carbocycles. The summed E-state index contributed by atoms with van der Waals surface area (Å²) in [5.41, 5.74) is 0. The number of halogens is 1. The molecule has 0 atom stereocenters. The molecule has 4 nitrogen and oxygen atoms in total. The van der Waals surface area contributed by atoms with E-state index in [2.05, 4.69) is 41.3 Å². The van der Waals surface area contributed by atoms with Gasteiger partial charge in [0.25, 0.3) is 0 Å². The molecular formula is C15H33IN4. The van der Waals surface area contributed by atoms with Crippen molar-refractivity contribution in [2.24, 2.45) is 10.9 Å². The van der Waals surface area contributed by atoms with Crippen molar-refractivity contribution < 1.29 is 0 Å². The van der Waals surface area contributed by atoms with E-state index in [-0.39, 0.29) is 24.0 Å². The van der Waals surface area contributed by atoms with Crippen molar-refractivity contribution >= 4 is 29.9 Å². The van der Waals surface area contributed by atoms with Gasteiger partial charge < -0.3 is 15.5 Å². The molecule has 0 aliphatic carbocycles. The van der Waals surface area contributed by atoms with Gasteiger partial charge in [0.15, 0.2) is 5.96 Å². The van der Waals surface area contributed by atoms with Crippen LogP contribution in [-0.4, -0.2) is 50.1 Å². The van der Waals surface area contributed by atoms with Crippen molar-refractivity contribution in [1.82, 2.24) is 15.5 Å². The van der Waals surface area contributed by atoms with Crippen LogP contribution in [0.25, 0.3) is 0 Å². The van der Waals surface area contributed by atoms with Gasteiger partial charge in [-0.1, -0.05) is 13.8 Å². The van der Waals surface area contributed by atoms with E-state index in [1.165, 1.54) is 38.9 Å². The van der Waals surface area contributed by atoms with Crippen LogP contribution in [0.4, 0.5) is 0 Å². The quantitative estimate of drug-likeness (QED) is 0.395. The number of guanidine groups is 1. The van der Waals surface area contributed by atoms with Gasteiger partial charge in [-0.25, -0.2) is 0 Å². The highest BCUT2D eigenvalue weighted by atomic mass is 127. The number of likely N-dealkylation sites (tertiary alicyclic amines) is 1. The fraction of sp³-hybridized carbons (Fsp3) is 0.933. The second kappa shape index (κ2) is 12.7. The molecule has 0 aromatic carbocycles. The predicted molar refractivity (Wildman–Crippen MR) is 99.1 cm³/mol. The van der Waals surface area contributed by atoms with Crippen LogP contribution < -0.4 is 10.6 Å². The molecule has 0 spiro atoms. The molecule has 1 fully saturated rings. The first kappa shape index (κ1) is 20.0. The minimum absolute atomic E-state index is 0. The van der Waals surface area contributed by atoms with Crippen molar-refractivity contribution in [2.45, 2.75) is 46.5 Å². The largest absolute Gasteiger partial charge is 0.357 e. The van der Waals surface area contributed by atoms with Crippen molar-refractivity contribution in [3.05, 3.63) is 0 Å². The van der Waals surface area contributed by atoms with Gasteiger partial charge in [-0.2, -0.15) is 0 Å². The molecule has 1 aliphatic heterocycles. The molecule has 0 radical (unpaired) electrons. The molecule has 1 heterocycles. The summed E-state index contributed by atoms with van der Waals surface area (Å²) in [6.45, 7) is 13.2. The maximum Gasteiger partial charge on any atom is 0.191 e. The third kappa shape index (κ3) is 8.29. The molecule has 1 saturated heterocycles. The lowest BCUT2D eigenvalue weighted by atomic mass is 9.93. The highest BCUT2D eigenvalue weighted by molar-refractivity contribution is 14.0. The van der Waals surface area contributed by atoms with Crippen LogP contribution in [0.2, 0.25) is 0 Å². The molecule has 5 heteroatoms. The Kier molecular flexibility index (Phi) is 12.7. The zero-order chi connectivity index (χ0) is 13.9. The van der Waals surface area contributed by atoms with E-state index in [1.807, 2.05) is 0 Å². The Morgan fingerprint density at radius 2 is 1.85 bits per heavy atom. The van der Waals surface area contributed by atoms with Crippen LogP contribution in [0.15, 0.2) is 4.99 Å². The molecule has 20 heavy (non-hydrogen) atoms. The van der Waals surface area contributed by atoms with E-state index in [9.17, 15) is 0 Å². The Morgan fingerprint density at radius 1 is 1.15 bits per heavy atom. The molecule has 1 aliphatic rings. The Labute approximate surface area is 142 Å². The van der Waals surface area contributed by atoms with Crippen LogP contribution >= 0.6 is 24.0 Å². The smallest absolute Gasteiger partial charge is 0.191 e. The monoisotopic (exact) mass is 396 g/mol. The Hall–Kier alpha value is -0.0400. The van der Waals surface area contributed by atoms with Gasteiger partial charge in [-0.15, -0.1) is 24.0 Å². The summed E-state index contributed by atoms with van der Waals surface area (Å²) >= 11 is 0. The van der Waals surface area contributed by atoms with Crippen LogP contribution in [0, 0.1) is 5.92 Å². The highest BCUT2D eigenvalue weighted by Gasteiger charge is 2.17. The molecule has 0 unspecified atom stereocenters. The maximum absolute atomic E-state index is 4.53. The zero-order valence-corrected chi connectivity index (χ0v) is 15.8. The first-order valence-electron chi connectivity index (χ1n) is 8.04. The average Bonchev–Trinajstić information content (AvgIpc) is 2.45. The molecular weight excluding hydrogens is 363 g/mol.